The second kappa shape index (κ2) is 11.7. The molecule has 0 spiro atoms. The molecule has 36 heavy (non-hydrogen) atoms. The Morgan fingerprint density at radius 2 is 2.03 bits per heavy atom. The van der Waals surface area contributed by atoms with Crippen LogP contribution in [0.3, 0.4) is 0 Å². The fourth-order valence-electron chi connectivity index (χ4n) is 3.57. The van der Waals surface area contributed by atoms with E-state index in [1.807, 2.05) is 30.3 Å². The molecule has 0 bridgehead atoms. The molecule has 0 atom stereocenters. The number of unbranched alkanes of at least 4 members (excludes halogenated alkanes) is 1. The van der Waals surface area contributed by atoms with E-state index >= 15 is 0 Å². The van der Waals surface area contributed by atoms with Crippen LogP contribution in [0.25, 0.3) is 10.9 Å². The van der Waals surface area contributed by atoms with Gasteiger partial charge in [0.25, 0.3) is 11.2 Å². The first-order valence-corrected chi connectivity index (χ1v) is 13.1. The van der Waals surface area contributed by atoms with Crippen molar-refractivity contribution in [3.63, 3.8) is 0 Å². The number of nitro benzene ring substituents is 1. The van der Waals surface area contributed by atoms with Gasteiger partial charge in [0, 0.05) is 23.0 Å². The third-order valence-electron chi connectivity index (χ3n) is 5.42. The lowest BCUT2D eigenvalue weighted by molar-refractivity contribution is -0.384. The number of hydrogen-bond acceptors (Lipinski definition) is 6. The van der Waals surface area contributed by atoms with Crippen molar-refractivity contribution in [1.82, 2.24) is 9.66 Å². The summed E-state index contributed by atoms with van der Waals surface area (Å²) in [6, 6.07) is 17.4. The lowest BCUT2D eigenvalue weighted by atomic mass is 10.2. The highest BCUT2D eigenvalue weighted by atomic mass is 127. The molecule has 3 aromatic carbocycles. The van der Waals surface area contributed by atoms with Crippen LogP contribution in [-0.4, -0.2) is 20.8 Å². The molecule has 10 heteroatoms. The highest BCUT2D eigenvalue weighted by Gasteiger charge is 2.11. The van der Waals surface area contributed by atoms with Crippen molar-refractivity contribution in [3.8, 4) is 5.75 Å². The maximum Gasteiger partial charge on any atom is 0.282 e. The zero-order valence-electron chi connectivity index (χ0n) is 19.4. The van der Waals surface area contributed by atoms with E-state index in [4.69, 9.17) is 9.72 Å². The maximum absolute atomic E-state index is 13.2. The van der Waals surface area contributed by atoms with Gasteiger partial charge in [-0.15, -0.1) is 0 Å². The van der Waals surface area contributed by atoms with Crippen molar-refractivity contribution >= 4 is 61.3 Å². The van der Waals surface area contributed by atoms with E-state index in [-0.39, 0.29) is 17.9 Å². The number of fused-ring (bicyclic) bond motifs is 1. The molecule has 0 aliphatic heterocycles. The Morgan fingerprint density at radius 1 is 1.19 bits per heavy atom. The minimum Gasteiger partial charge on any atom is -0.488 e. The van der Waals surface area contributed by atoms with Gasteiger partial charge in [0.05, 0.1) is 25.6 Å². The van der Waals surface area contributed by atoms with E-state index in [1.165, 1.54) is 16.8 Å². The molecule has 0 fully saturated rings. The molecule has 0 saturated carbocycles. The predicted octanol–water partition coefficient (Wildman–Crippen LogP) is 6.48. The van der Waals surface area contributed by atoms with Crippen LogP contribution in [0.1, 0.15) is 36.7 Å². The summed E-state index contributed by atoms with van der Waals surface area (Å²) in [5, 5.41) is 16.0. The number of benzene rings is 3. The van der Waals surface area contributed by atoms with Crippen molar-refractivity contribution < 1.29 is 9.66 Å². The van der Waals surface area contributed by atoms with Crippen LogP contribution in [0.15, 0.2) is 75.0 Å². The number of nitrogens with zero attached hydrogens (tertiary/aromatic N) is 4. The summed E-state index contributed by atoms with van der Waals surface area (Å²) in [5.41, 5.74) is 1.97. The summed E-state index contributed by atoms with van der Waals surface area (Å²) in [6.07, 6.45) is 4.17. The Hall–Kier alpha value is -3.12. The van der Waals surface area contributed by atoms with E-state index in [0.29, 0.717) is 34.5 Å². The second-order valence-electron chi connectivity index (χ2n) is 8.06. The van der Waals surface area contributed by atoms with Gasteiger partial charge < -0.3 is 4.74 Å². The number of rotatable bonds is 9. The van der Waals surface area contributed by atoms with Crippen molar-refractivity contribution in [3.05, 3.63) is 106 Å². The van der Waals surface area contributed by atoms with E-state index in [9.17, 15) is 14.9 Å². The Balaban J connectivity index is 1.57. The van der Waals surface area contributed by atoms with E-state index in [0.717, 1.165) is 26.4 Å². The largest absolute Gasteiger partial charge is 0.488 e. The number of aryl methyl sites for hydroxylation is 1. The van der Waals surface area contributed by atoms with Crippen LogP contribution in [0.2, 0.25) is 0 Å². The van der Waals surface area contributed by atoms with Crippen LogP contribution < -0.4 is 10.3 Å². The van der Waals surface area contributed by atoms with Crippen molar-refractivity contribution in [1.29, 1.82) is 0 Å². The summed E-state index contributed by atoms with van der Waals surface area (Å²) < 4.78 is 8.91. The Labute approximate surface area is 229 Å². The lowest BCUT2D eigenvalue weighted by Crippen LogP contribution is -2.22. The molecular formula is C26H22BrIN4O4. The van der Waals surface area contributed by atoms with Gasteiger partial charge in [0.15, 0.2) is 0 Å². The molecule has 4 aromatic rings. The van der Waals surface area contributed by atoms with Gasteiger partial charge in [0.1, 0.15) is 18.2 Å². The molecule has 4 rings (SSSR count). The molecular weight excluding hydrogens is 639 g/mol. The van der Waals surface area contributed by atoms with Crippen molar-refractivity contribution in [2.75, 3.05) is 0 Å². The topological polar surface area (TPSA) is 99.6 Å². The molecule has 0 amide bonds. The fourth-order valence-corrected chi connectivity index (χ4v) is 4.63. The maximum atomic E-state index is 13.2. The average molecular weight is 661 g/mol. The third kappa shape index (κ3) is 6.16. The Morgan fingerprint density at radius 3 is 2.78 bits per heavy atom. The van der Waals surface area contributed by atoms with Gasteiger partial charge in [-0.25, -0.2) is 4.98 Å². The van der Waals surface area contributed by atoms with Crippen molar-refractivity contribution in [2.45, 2.75) is 32.8 Å². The SMILES string of the molecule is CCCCc1nc2ccc(Br)cc2c(=O)n1N=Cc1ccc(OCc2cccc([N+](=O)[O-])c2)c(I)c1. The molecule has 0 aliphatic rings. The lowest BCUT2D eigenvalue weighted by Gasteiger charge is -2.10. The summed E-state index contributed by atoms with van der Waals surface area (Å²) in [5.74, 6) is 1.27. The van der Waals surface area contributed by atoms with Crippen LogP contribution in [0.4, 0.5) is 5.69 Å². The van der Waals surface area contributed by atoms with E-state index in [1.54, 1.807) is 24.4 Å². The predicted molar refractivity (Wildman–Crippen MR) is 152 cm³/mol. The van der Waals surface area contributed by atoms with Crippen LogP contribution in [-0.2, 0) is 13.0 Å². The molecule has 1 aromatic heterocycles. The van der Waals surface area contributed by atoms with Gasteiger partial charge in [-0.2, -0.15) is 9.78 Å². The van der Waals surface area contributed by atoms with Crippen LogP contribution in [0, 0.1) is 13.7 Å². The number of halogens is 2. The van der Waals surface area contributed by atoms with Crippen LogP contribution >= 0.6 is 38.5 Å². The monoisotopic (exact) mass is 660 g/mol. The summed E-state index contributed by atoms with van der Waals surface area (Å²) in [7, 11) is 0. The summed E-state index contributed by atoms with van der Waals surface area (Å²) in [6.45, 7) is 2.30. The standard InChI is InChI=1S/C26H22BrIN4O4/c1-2-3-7-25-30-23-10-9-19(27)14-21(23)26(33)31(25)29-15-17-8-11-24(22(28)13-17)36-16-18-5-4-6-20(12-18)32(34)35/h4-6,8-15H,2-3,7,16H2,1H3. The highest BCUT2D eigenvalue weighted by molar-refractivity contribution is 14.1. The average Bonchev–Trinajstić information content (AvgIpc) is 2.87. The molecule has 0 unspecified atom stereocenters. The Bertz CT molecular complexity index is 1520. The molecule has 0 radical (unpaired) electrons. The zero-order chi connectivity index (χ0) is 25.7. The fraction of sp³-hybridized carbons (Fsp3) is 0.192. The van der Waals surface area contributed by atoms with E-state index in [2.05, 4.69) is 50.5 Å². The van der Waals surface area contributed by atoms with Gasteiger partial charge in [-0.3, -0.25) is 14.9 Å². The molecule has 1 heterocycles. The minimum absolute atomic E-state index is 0.0291. The smallest absolute Gasteiger partial charge is 0.282 e. The van der Waals surface area contributed by atoms with Crippen molar-refractivity contribution in [2.24, 2.45) is 5.10 Å². The first-order valence-electron chi connectivity index (χ1n) is 11.3. The zero-order valence-corrected chi connectivity index (χ0v) is 23.1. The van der Waals surface area contributed by atoms with E-state index < -0.39 is 4.92 Å². The first-order chi connectivity index (χ1) is 17.4. The normalized spacial score (nSPS) is 11.3. The van der Waals surface area contributed by atoms with Crippen LogP contribution in [0.5, 0.6) is 5.75 Å². The number of hydrogen-bond donors (Lipinski definition) is 0. The summed E-state index contributed by atoms with van der Waals surface area (Å²) in [4.78, 5) is 28.5. The van der Waals surface area contributed by atoms with Gasteiger partial charge in [0.2, 0.25) is 0 Å². The number of nitro groups is 1. The highest BCUT2D eigenvalue weighted by Crippen LogP contribution is 2.24. The van der Waals surface area contributed by atoms with Gasteiger partial charge in [-0.1, -0.05) is 41.4 Å². The first kappa shape index (κ1) is 26.0. The number of non-ortho nitro benzene ring substituents is 1. The molecule has 184 valence electrons. The van der Waals surface area contributed by atoms with Gasteiger partial charge >= 0.3 is 0 Å². The Kier molecular flexibility index (Phi) is 8.47. The number of aromatic nitrogens is 2. The third-order valence-corrected chi connectivity index (χ3v) is 6.76. The minimum atomic E-state index is -0.426. The molecule has 0 aliphatic carbocycles. The number of ether oxygens (including phenoxy) is 1. The molecule has 0 N–H and O–H groups in total. The molecule has 0 saturated heterocycles. The quantitative estimate of drug-likeness (QED) is 0.0886. The summed E-state index contributed by atoms with van der Waals surface area (Å²) >= 11 is 5.59. The molecule has 8 nitrogen and oxygen atoms in total. The second-order valence-corrected chi connectivity index (χ2v) is 10.1. The van der Waals surface area contributed by atoms with Gasteiger partial charge in [-0.05, 0) is 76.5 Å².